The van der Waals surface area contributed by atoms with E-state index in [2.05, 4.69) is 15.0 Å². The van der Waals surface area contributed by atoms with Crippen molar-refractivity contribution in [3.05, 3.63) is 350 Å². The number of benzene rings is 9. The SMILES string of the molecule is C.[2H]C([2H])(c1ccc(-c2ccc(C(F)(F)F)cc2)cc1)N(C(=O)Cn1c(SCc2ccc(F)cc2)nc(=O)c2c1C([2H])([2H])C([2H])(C)C2([2H])[2H])C([2H])([2H])C([2H])([2H])N(CC)CC.[2H]c1c([2H])c(C(F)(F)F)c([2H])c([2H])c1-c1c([2H])c([2H])c(C([2H])([2H])N(C(=O)Cn2c(SCc3ccc(F)cc3)nc(=O)c3c2C([2H])([2H])C([2H])(C)C3([2H])[2H])C([2H])([2H])C([2H])([2H])N(CC)CC)c([2H])c1[2H].[2H]c1c([2H])c(C([2H])([2H])N(C(=O)Cn2c(SCc3ccc(F)cc3)nc(=O)c3c2CCC3)C([2H])([2H])C([2H])([2H])N(CC)CC)c([2H])c([2H])c1-c1c([2H])c([2H])c(C(F)(F)F)c(C)c1[2H]. The summed E-state index contributed by atoms with van der Waals surface area (Å²) in [4.78, 5) is 99.2. The van der Waals surface area contributed by atoms with E-state index in [4.69, 9.17) is 42.5 Å². The summed E-state index contributed by atoms with van der Waals surface area (Å²) in [7, 11) is 0. The second-order valence-electron chi connectivity index (χ2n) is 31.4. The van der Waals surface area contributed by atoms with Crippen LogP contribution in [0.4, 0.5) is 52.7 Å². The molecular formula is C112H124F12N12O6S3. The molecule has 0 saturated carbocycles. The van der Waals surface area contributed by atoms with Gasteiger partial charge in [-0.1, -0.05) is 243 Å². The van der Waals surface area contributed by atoms with Crippen LogP contribution in [-0.2, 0) is 128 Å². The maximum Gasteiger partial charge on any atom is 0.416 e. The Morgan fingerprint density at radius 1 is 0.386 bits per heavy atom. The molecule has 0 spiro atoms. The third-order valence-electron chi connectivity index (χ3n) is 21.5. The number of thioether (sulfide) groups is 3. The molecule has 12 aromatic rings. The third kappa shape index (κ3) is 30.4. The number of halogens is 12. The summed E-state index contributed by atoms with van der Waals surface area (Å²) in [5.41, 5.74) is -17.1. The molecular weight excluding hydrogens is 1930 g/mol. The van der Waals surface area contributed by atoms with E-state index in [9.17, 15) is 93.1 Å². The summed E-state index contributed by atoms with van der Waals surface area (Å²) in [6, 6.07) is 3.47. The molecule has 3 aromatic heterocycles. The number of fused-ring (bicyclic) bond motifs is 3. The van der Waals surface area contributed by atoms with Gasteiger partial charge in [0.15, 0.2) is 15.5 Å². The molecule has 0 fully saturated rings. The Hall–Kier alpha value is -11.9. The monoisotopic (exact) mass is 2100 g/mol. The van der Waals surface area contributed by atoms with Gasteiger partial charge in [0.1, 0.15) is 37.1 Å². The molecule has 770 valence electrons. The van der Waals surface area contributed by atoms with Crippen LogP contribution in [0.1, 0.15) is 218 Å². The molecule has 3 aliphatic rings. The fourth-order valence-corrected chi connectivity index (χ4v) is 16.8. The highest BCUT2D eigenvalue weighted by Gasteiger charge is 2.36. The lowest BCUT2D eigenvalue weighted by Gasteiger charge is -2.28. The molecule has 2 unspecified atom stereocenters. The number of hydrogen-bond acceptors (Lipinski definition) is 15. The van der Waals surface area contributed by atoms with Crippen LogP contribution in [0.2, 0.25) is 0 Å². The number of amides is 3. The van der Waals surface area contributed by atoms with Gasteiger partial charge >= 0.3 is 18.5 Å². The van der Waals surface area contributed by atoms with Gasteiger partial charge in [0.25, 0.3) is 16.7 Å². The summed E-state index contributed by atoms with van der Waals surface area (Å²) in [5.74, 6) is -12.3. The van der Waals surface area contributed by atoms with Gasteiger partial charge in [-0.15, -0.1) is 0 Å². The van der Waals surface area contributed by atoms with Crippen molar-refractivity contribution in [1.29, 1.82) is 0 Å². The quantitative estimate of drug-likeness (QED) is 0.0202. The van der Waals surface area contributed by atoms with Gasteiger partial charge in [0.2, 0.25) is 17.7 Å². The minimum atomic E-state index is -5.43. The highest BCUT2D eigenvalue weighted by Crippen LogP contribution is 2.39. The van der Waals surface area contributed by atoms with Crippen molar-refractivity contribution in [2.24, 2.45) is 11.8 Å². The zero-order valence-corrected chi connectivity index (χ0v) is 80.7. The van der Waals surface area contributed by atoms with Crippen molar-refractivity contribution >= 4 is 53.0 Å². The van der Waals surface area contributed by atoms with Gasteiger partial charge in [0, 0.05) is 131 Å². The molecule has 2 atom stereocenters. The van der Waals surface area contributed by atoms with Crippen molar-refractivity contribution in [3.63, 3.8) is 0 Å². The topological polar surface area (TPSA) is 175 Å². The fourth-order valence-electron chi connectivity index (χ4n) is 13.9. The Labute approximate surface area is 912 Å². The van der Waals surface area contributed by atoms with Gasteiger partial charge in [-0.2, -0.15) is 54.5 Å². The number of carbonyl (C=O) groups is 3. The van der Waals surface area contributed by atoms with E-state index in [0.29, 0.717) is 56.3 Å². The minimum absolute atomic E-state index is 0. The molecule has 0 N–H and O–H groups in total. The Morgan fingerprint density at radius 3 is 1.06 bits per heavy atom. The first-order chi connectivity index (χ1) is 85.7. The Bertz CT molecular complexity index is 8920. The molecule has 33 heteroatoms. The summed E-state index contributed by atoms with van der Waals surface area (Å²) in [6.45, 7) is -25.6. The predicted octanol–water partition coefficient (Wildman–Crippen LogP) is 23.1. The highest BCUT2D eigenvalue weighted by atomic mass is 32.2. The number of likely N-dealkylation sites (N-methyl/N-ethyl adjacent to an activating group) is 3. The van der Waals surface area contributed by atoms with Gasteiger partial charge in [0.05, 0.1) is 53.7 Å². The van der Waals surface area contributed by atoms with Gasteiger partial charge in [-0.3, -0.25) is 28.8 Å². The van der Waals surface area contributed by atoms with Crippen LogP contribution in [0.5, 0.6) is 0 Å². The third-order valence-corrected chi connectivity index (χ3v) is 24.7. The van der Waals surface area contributed by atoms with Crippen molar-refractivity contribution in [2.45, 2.75) is 205 Å². The van der Waals surface area contributed by atoms with Crippen molar-refractivity contribution in [2.75, 3.05) is 78.2 Å². The van der Waals surface area contributed by atoms with Crippen LogP contribution in [0.3, 0.4) is 0 Å². The first-order valence-electron chi connectivity index (χ1n) is 65.9. The largest absolute Gasteiger partial charge is 0.416 e. The normalized spacial score (nSPS) is 21.4. The molecule has 18 nitrogen and oxygen atoms in total. The molecule has 9 aromatic carbocycles. The average Bonchev–Trinajstić information content (AvgIpc) is 1.52. The van der Waals surface area contributed by atoms with Crippen LogP contribution in [0.15, 0.2) is 242 Å². The van der Waals surface area contributed by atoms with Crippen molar-refractivity contribution < 1.29 is 126 Å². The average molecular weight is 2100 g/mol. The Kier molecular flexibility index (Phi) is 23.5. The predicted molar refractivity (Wildman–Crippen MR) is 550 cm³/mol. The standard InChI is InChI=1S/3C37H40F4N4O2S.CH4/c2*1-4-43(5-2)18-19-44(22-26-6-10-28(11-7-26)29-12-14-30(15-13-29)37(39,40)41)34(46)23-45-33-21-25(3)20-32(33)35(47)42-36(45)48-24-27-8-16-31(38)17-9-27;1-4-43(5-2)19-20-44(22-26-9-13-28(14-10-26)29-15-18-32(25(3)21-29)37(39,40)41)34(46)23-45-33-8-6-7-31(33)35(47)42-36(45)48-24-27-11-16-30(38)17-12-27;/h2*6-17,25H,4-5,18-24H2,1-3H3;9-18,21H,4-8,19-20,22-24H2,1-3H3;1H4/i6D,7D,10D,11D,12D,13D,14D,15D,18D2,19D2,20D2,21D2,22D2,25D;18D2,19D2,20D2,21D2,22D2,25D;9D,10D,13D,14D,15D,18D,19D2,20D2,21D,22D2;. The van der Waals surface area contributed by atoms with Crippen molar-refractivity contribution in [1.82, 2.24) is 58.1 Å². The fraction of sp³-hybridized carbons (Fsp3) is 0.384. The number of hydrogen-bond donors (Lipinski definition) is 0. The summed E-state index contributed by atoms with van der Waals surface area (Å²) in [5, 5.41) is -1.07. The lowest BCUT2D eigenvalue weighted by atomic mass is 9.98. The summed E-state index contributed by atoms with van der Waals surface area (Å²) >= 11 is 2.30. The number of alkyl halides is 9. The van der Waals surface area contributed by atoms with E-state index in [1.54, 1.807) is 0 Å². The minimum Gasteiger partial charge on any atom is -0.336 e. The summed E-state index contributed by atoms with van der Waals surface area (Å²) in [6.07, 6.45) is -26.6. The molecule has 3 amide bonds. The molecule has 0 radical (unpaired) electrons. The number of rotatable bonds is 39. The van der Waals surface area contributed by atoms with E-state index in [-0.39, 0.29) is 103 Å². The maximum absolute atomic E-state index is 15.1. The molecule has 15 rings (SSSR count). The Balaban J connectivity index is 0.000000243. The second-order valence-corrected chi connectivity index (χ2v) is 34.3. The zero-order chi connectivity index (χ0) is 141. The smallest absolute Gasteiger partial charge is 0.336 e. The zero-order valence-electron chi connectivity index (χ0n) is 121. The van der Waals surface area contributed by atoms with E-state index in [1.165, 1.54) is 119 Å². The molecule has 0 aliphatic heterocycles. The lowest BCUT2D eigenvalue weighted by Crippen LogP contribution is -2.40. The molecule has 0 saturated heterocycles. The van der Waals surface area contributed by atoms with Crippen molar-refractivity contribution in [3.8, 4) is 33.4 Å². The first kappa shape index (κ1) is 66.4. The van der Waals surface area contributed by atoms with Gasteiger partial charge < -0.3 is 43.1 Å². The first-order valence-corrected chi connectivity index (χ1v) is 47.3. The maximum atomic E-state index is 15.1. The van der Waals surface area contributed by atoms with Crippen LogP contribution in [-0.4, -0.2) is 154 Å². The van der Waals surface area contributed by atoms with E-state index < -0.39 is 370 Å². The van der Waals surface area contributed by atoms with E-state index in [1.807, 2.05) is 0 Å². The number of nitrogens with zero attached hydrogens (tertiary/aromatic N) is 12. The van der Waals surface area contributed by atoms with E-state index >= 15 is 4.79 Å². The highest BCUT2D eigenvalue weighted by molar-refractivity contribution is 7.98. The van der Waals surface area contributed by atoms with Crippen LogP contribution in [0, 0.1) is 36.2 Å². The molecule has 0 bridgehead atoms. The molecule has 145 heavy (non-hydrogen) atoms. The van der Waals surface area contributed by atoms with Gasteiger partial charge in [-0.05, 0) is 242 Å². The number of aromatic nitrogens is 6. The second kappa shape index (κ2) is 51.4. The summed E-state index contributed by atoms with van der Waals surface area (Å²) < 4.78 is 548. The van der Waals surface area contributed by atoms with Crippen LogP contribution in [0.25, 0.3) is 33.4 Å². The Morgan fingerprint density at radius 2 is 0.703 bits per heavy atom. The van der Waals surface area contributed by atoms with E-state index in [0.717, 1.165) is 112 Å². The molecule has 3 aliphatic carbocycles. The number of carbonyl (C=O) groups excluding carboxylic acids is 3. The van der Waals surface area contributed by atoms with Crippen LogP contribution < -0.4 is 16.7 Å². The van der Waals surface area contributed by atoms with Crippen LogP contribution >= 0.6 is 35.3 Å². The van der Waals surface area contributed by atoms with Gasteiger partial charge in [-0.25, -0.2) is 13.2 Å². The lowest BCUT2D eigenvalue weighted by molar-refractivity contribution is -0.138. The molecule has 3 heterocycles.